The van der Waals surface area contributed by atoms with E-state index >= 15 is 0 Å². The van der Waals surface area contributed by atoms with Crippen molar-refractivity contribution in [3.05, 3.63) is 0 Å². The molecule has 5 nitrogen and oxygen atoms in total. The van der Waals surface area contributed by atoms with Crippen LogP contribution in [0.15, 0.2) is 0 Å². The number of hydrogen-bond donors (Lipinski definition) is 2. The Morgan fingerprint density at radius 3 is 2.43 bits per heavy atom. The lowest BCUT2D eigenvalue weighted by atomic mass is 9.84. The number of nitrogens with zero attached hydrogens (tertiary/aromatic N) is 2. The summed E-state index contributed by atoms with van der Waals surface area (Å²) in [5.41, 5.74) is 6.24. The minimum atomic E-state index is 0.0934. The minimum absolute atomic E-state index is 0.0934. The highest BCUT2D eigenvalue weighted by atomic mass is 16.1. The molecular formula is C18H34N4O. The molecule has 23 heavy (non-hydrogen) atoms. The summed E-state index contributed by atoms with van der Waals surface area (Å²) in [6.45, 7) is 10.2. The monoisotopic (exact) mass is 322 g/mol. The molecule has 1 saturated heterocycles. The summed E-state index contributed by atoms with van der Waals surface area (Å²) in [4.78, 5) is 17.4. The van der Waals surface area contributed by atoms with E-state index in [0.717, 1.165) is 13.0 Å². The predicted molar refractivity (Wildman–Crippen MR) is 93.1 cm³/mol. The Morgan fingerprint density at radius 2 is 1.78 bits per heavy atom. The van der Waals surface area contributed by atoms with Gasteiger partial charge in [-0.1, -0.05) is 6.92 Å². The molecule has 5 heteroatoms. The highest BCUT2D eigenvalue weighted by molar-refractivity contribution is 5.80. The maximum atomic E-state index is 12.4. The second-order valence-electron chi connectivity index (χ2n) is 7.71. The first-order chi connectivity index (χ1) is 11.2. The van der Waals surface area contributed by atoms with Gasteiger partial charge in [0.05, 0.1) is 5.92 Å². The third kappa shape index (κ3) is 4.06. The fraction of sp³-hybridized carbons (Fsp3) is 0.944. The van der Waals surface area contributed by atoms with Gasteiger partial charge in [0.25, 0.3) is 0 Å². The SMILES string of the molecule is CCN1CCN(CCCCNC(=O)C2C3CCC(C3)C2N)CC1. The zero-order valence-corrected chi connectivity index (χ0v) is 14.7. The molecule has 0 spiro atoms. The van der Waals surface area contributed by atoms with Crippen LogP contribution in [-0.4, -0.2) is 67.6 Å². The summed E-state index contributed by atoms with van der Waals surface area (Å²) in [6.07, 6.45) is 5.88. The van der Waals surface area contributed by atoms with Crippen molar-refractivity contribution in [3.63, 3.8) is 0 Å². The van der Waals surface area contributed by atoms with Crippen molar-refractivity contribution >= 4 is 5.91 Å². The summed E-state index contributed by atoms with van der Waals surface area (Å²) in [5.74, 6) is 1.49. The van der Waals surface area contributed by atoms with Crippen LogP contribution in [0.4, 0.5) is 0 Å². The van der Waals surface area contributed by atoms with Crippen LogP contribution in [0.5, 0.6) is 0 Å². The molecule has 3 N–H and O–H groups in total. The van der Waals surface area contributed by atoms with Crippen LogP contribution in [-0.2, 0) is 4.79 Å². The quantitative estimate of drug-likeness (QED) is 0.684. The van der Waals surface area contributed by atoms with E-state index in [4.69, 9.17) is 5.73 Å². The van der Waals surface area contributed by atoms with E-state index in [1.165, 1.54) is 65.0 Å². The van der Waals surface area contributed by atoms with E-state index in [0.29, 0.717) is 11.8 Å². The Hall–Kier alpha value is -0.650. The molecule has 2 saturated carbocycles. The average Bonchev–Trinajstić information content (AvgIpc) is 3.16. The van der Waals surface area contributed by atoms with E-state index < -0.39 is 0 Å². The smallest absolute Gasteiger partial charge is 0.224 e. The molecule has 1 aliphatic heterocycles. The lowest BCUT2D eigenvalue weighted by molar-refractivity contribution is -0.127. The molecule has 0 aromatic carbocycles. The Morgan fingerprint density at radius 1 is 1.09 bits per heavy atom. The maximum Gasteiger partial charge on any atom is 0.224 e. The first-order valence-corrected chi connectivity index (χ1v) is 9.67. The topological polar surface area (TPSA) is 61.6 Å². The summed E-state index contributed by atoms with van der Waals surface area (Å²) in [6, 6.07) is 0.114. The Kier molecular flexibility index (Phi) is 5.94. The first kappa shape index (κ1) is 17.2. The number of amides is 1. The standard InChI is InChI=1S/C18H34N4O/c1-2-21-9-11-22(12-10-21)8-4-3-7-20-18(23)16-14-5-6-15(13-14)17(16)19/h14-17H,2-13,19H2,1H3,(H,20,23). The second kappa shape index (κ2) is 7.95. The zero-order chi connectivity index (χ0) is 16.2. The number of nitrogens with two attached hydrogens (primary N) is 1. The van der Waals surface area contributed by atoms with E-state index in [1.807, 2.05) is 0 Å². The number of rotatable bonds is 7. The highest BCUT2D eigenvalue weighted by Gasteiger charge is 2.48. The number of carbonyl (C=O) groups excluding carboxylic acids is 1. The number of fused-ring (bicyclic) bond motifs is 2. The van der Waals surface area contributed by atoms with Crippen LogP contribution in [0.2, 0.25) is 0 Å². The lowest BCUT2D eigenvalue weighted by Crippen LogP contribution is -2.46. The van der Waals surface area contributed by atoms with Gasteiger partial charge in [-0.05, 0) is 57.0 Å². The maximum absolute atomic E-state index is 12.4. The van der Waals surface area contributed by atoms with Crippen LogP contribution in [0.1, 0.15) is 39.0 Å². The predicted octanol–water partition coefficient (Wildman–Crippen LogP) is 0.894. The van der Waals surface area contributed by atoms with Gasteiger partial charge >= 0.3 is 0 Å². The summed E-state index contributed by atoms with van der Waals surface area (Å²) in [5, 5.41) is 3.15. The van der Waals surface area contributed by atoms with Crippen LogP contribution in [0.25, 0.3) is 0 Å². The number of unbranched alkanes of at least 4 members (excludes halogenated alkanes) is 1. The molecule has 0 aromatic rings. The Labute approximate surface area is 140 Å². The normalized spacial score (nSPS) is 34.9. The third-order valence-corrected chi connectivity index (χ3v) is 6.40. The van der Waals surface area contributed by atoms with Crippen molar-refractivity contribution in [1.82, 2.24) is 15.1 Å². The van der Waals surface area contributed by atoms with Crippen LogP contribution in [0.3, 0.4) is 0 Å². The minimum Gasteiger partial charge on any atom is -0.356 e. The Bertz CT molecular complexity index is 392. The molecule has 132 valence electrons. The van der Waals surface area contributed by atoms with Crippen LogP contribution < -0.4 is 11.1 Å². The summed E-state index contributed by atoms with van der Waals surface area (Å²) >= 11 is 0. The van der Waals surface area contributed by atoms with Gasteiger partial charge in [0.15, 0.2) is 0 Å². The van der Waals surface area contributed by atoms with Gasteiger partial charge < -0.3 is 20.9 Å². The van der Waals surface area contributed by atoms with E-state index in [9.17, 15) is 4.79 Å². The van der Waals surface area contributed by atoms with E-state index in [2.05, 4.69) is 22.0 Å². The molecular weight excluding hydrogens is 288 g/mol. The molecule has 0 aromatic heterocycles. The average molecular weight is 322 g/mol. The highest BCUT2D eigenvalue weighted by Crippen LogP contribution is 2.47. The summed E-state index contributed by atoms with van der Waals surface area (Å²) < 4.78 is 0. The van der Waals surface area contributed by atoms with Crippen molar-refractivity contribution in [1.29, 1.82) is 0 Å². The molecule has 1 heterocycles. The molecule has 0 radical (unpaired) electrons. The molecule has 3 rings (SSSR count). The largest absolute Gasteiger partial charge is 0.356 e. The number of nitrogens with one attached hydrogen (secondary N) is 1. The molecule has 4 unspecified atom stereocenters. The molecule has 3 aliphatic rings. The number of hydrogen-bond acceptors (Lipinski definition) is 4. The number of likely N-dealkylation sites (N-methyl/N-ethyl adjacent to an activating group) is 1. The van der Waals surface area contributed by atoms with Gasteiger partial charge in [-0.3, -0.25) is 4.79 Å². The summed E-state index contributed by atoms with van der Waals surface area (Å²) in [7, 11) is 0. The van der Waals surface area contributed by atoms with Crippen LogP contribution in [0, 0.1) is 17.8 Å². The fourth-order valence-corrected chi connectivity index (χ4v) is 4.84. The number of piperazine rings is 1. The molecule has 4 atom stereocenters. The van der Waals surface area contributed by atoms with Crippen molar-refractivity contribution in [2.75, 3.05) is 45.8 Å². The van der Waals surface area contributed by atoms with Gasteiger partial charge in [-0.2, -0.15) is 0 Å². The zero-order valence-electron chi connectivity index (χ0n) is 14.7. The van der Waals surface area contributed by atoms with Crippen molar-refractivity contribution in [2.24, 2.45) is 23.5 Å². The van der Waals surface area contributed by atoms with Gasteiger partial charge in [0.2, 0.25) is 5.91 Å². The first-order valence-electron chi connectivity index (χ1n) is 9.67. The van der Waals surface area contributed by atoms with Crippen LogP contribution >= 0.6 is 0 Å². The number of carbonyl (C=O) groups is 1. The lowest BCUT2D eigenvalue weighted by Gasteiger charge is -2.34. The Balaban J connectivity index is 1.26. The van der Waals surface area contributed by atoms with Crippen molar-refractivity contribution in [3.8, 4) is 0 Å². The van der Waals surface area contributed by atoms with Gasteiger partial charge in [0, 0.05) is 38.8 Å². The molecule has 2 bridgehead atoms. The van der Waals surface area contributed by atoms with Gasteiger partial charge in [-0.15, -0.1) is 0 Å². The molecule has 2 aliphatic carbocycles. The van der Waals surface area contributed by atoms with Gasteiger partial charge in [0.1, 0.15) is 0 Å². The third-order valence-electron chi connectivity index (χ3n) is 6.40. The molecule has 1 amide bonds. The van der Waals surface area contributed by atoms with Crippen molar-refractivity contribution < 1.29 is 4.79 Å². The van der Waals surface area contributed by atoms with E-state index in [-0.39, 0.29) is 17.9 Å². The molecule has 3 fully saturated rings. The fourth-order valence-electron chi connectivity index (χ4n) is 4.84. The van der Waals surface area contributed by atoms with Crippen molar-refractivity contribution in [2.45, 2.75) is 45.1 Å². The second-order valence-corrected chi connectivity index (χ2v) is 7.71. The van der Waals surface area contributed by atoms with E-state index in [1.54, 1.807) is 0 Å². The van der Waals surface area contributed by atoms with Gasteiger partial charge in [-0.25, -0.2) is 0 Å².